The van der Waals surface area contributed by atoms with E-state index in [9.17, 15) is 4.79 Å². The van der Waals surface area contributed by atoms with Crippen molar-refractivity contribution in [3.63, 3.8) is 0 Å². The molecule has 1 fully saturated rings. The van der Waals surface area contributed by atoms with E-state index < -0.39 is 0 Å². The molecule has 19 heavy (non-hydrogen) atoms. The van der Waals surface area contributed by atoms with E-state index in [2.05, 4.69) is 24.1 Å². The van der Waals surface area contributed by atoms with Gasteiger partial charge in [-0.25, -0.2) is 4.79 Å². The molecule has 0 aliphatic carbocycles. The first-order chi connectivity index (χ1) is 9.00. The van der Waals surface area contributed by atoms with E-state index in [4.69, 9.17) is 4.74 Å². The molecule has 2 rings (SSSR count). The van der Waals surface area contributed by atoms with Crippen LogP contribution in [0.3, 0.4) is 0 Å². The van der Waals surface area contributed by atoms with E-state index in [1.54, 1.807) is 0 Å². The van der Waals surface area contributed by atoms with Crippen molar-refractivity contribution in [3.05, 3.63) is 29.8 Å². The molecule has 0 bridgehead atoms. The summed E-state index contributed by atoms with van der Waals surface area (Å²) in [4.78, 5) is 13.8. The highest BCUT2D eigenvalue weighted by Crippen LogP contribution is 2.33. The molecule has 1 N–H and O–H groups in total. The van der Waals surface area contributed by atoms with Gasteiger partial charge >= 0.3 is 5.97 Å². The first kappa shape index (κ1) is 13.9. The molecule has 4 nitrogen and oxygen atoms in total. The van der Waals surface area contributed by atoms with Crippen LogP contribution in [0.2, 0.25) is 0 Å². The van der Waals surface area contributed by atoms with Gasteiger partial charge in [0, 0.05) is 23.8 Å². The molecule has 1 aliphatic heterocycles. The van der Waals surface area contributed by atoms with Crippen LogP contribution in [0.4, 0.5) is 5.69 Å². The first-order valence-electron chi connectivity index (χ1n) is 6.64. The van der Waals surface area contributed by atoms with Crippen LogP contribution in [0.15, 0.2) is 24.3 Å². The second-order valence-electron chi connectivity index (χ2n) is 5.47. The van der Waals surface area contributed by atoms with Crippen LogP contribution in [-0.4, -0.2) is 38.3 Å². The van der Waals surface area contributed by atoms with Crippen molar-refractivity contribution in [2.45, 2.75) is 31.8 Å². The van der Waals surface area contributed by atoms with Crippen molar-refractivity contribution in [3.8, 4) is 0 Å². The van der Waals surface area contributed by atoms with Crippen LogP contribution in [0.5, 0.6) is 0 Å². The summed E-state index contributed by atoms with van der Waals surface area (Å²) in [6.45, 7) is 5.51. The molecule has 1 unspecified atom stereocenters. The Morgan fingerprint density at radius 1 is 1.37 bits per heavy atom. The summed E-state index contributed by atoms with van der Waals surface area (Å²) >= 11 is 0. The molecular weight excluding hydrogens is 240 g/mol. The number of anilines is 1. The fourth-order valence-corrected chi connectivity index (χ4v) is 2.94. The summed E-state index contributed by atoms with van der Waals surface area (Å²) in [5.74, 6) is -0.291. The molecule has 1 saturated heterocycles. The van der Waals surface area contributed by atoms with Crippen molar-refractivity contribution in [1.82, 2.24) is 5.32 Å². The highest BCUT2D eigenvalue weighted by molar-refractivity contribution is 5.89. The summed E-state index contributed by atoms with van der Waals surface area (Å²) in [5, 5.41) is 3.38. The number of rotatable bonds is 3. The zero-order valence-corrected chi connectivity index (χ0v) is 12.1. The third-order valence-electron chi connectivity index (χ3n) is 4.14. The van der Waals surface area contributed by atoms with Gasteiger partial charge in [0.2, 0.25) is 0 Å². The van der Waals surface area contributed by atoms with Crippen molar-refractivity contribution >= 4 is 11.7 Å². The Kier molecular flexibility index (Phi) is 3.80. The number of esters is 1. The van der Waals surface area contributed by atoms with Gasteiger partial charge in [0.15, 0.2) is 0 Å². The predicted molar refractivity (Wildman–Crippen MR) is 76.7 cm³/mol. The molecule has 0 radical (unpaired) electrons. The largest absolute Gasteiger partial charge is 0.465 e. The third kappa shape index (κ3) is 2.45. The highest BCUT2D eigenvalue weighted by atomic mass is 16.5. The van der Waals surface area contributed by atoms with Gasteiger partial charge in [-0.3, -0.25) is 0 Å². The zero-order valence-electron chi connectivity index (χ0n) is 12.1. The maximum absolute atomic E-state index is 11.4. The van der Waals surface area contributed by atoms with E-state index in [-0.39, 0.29) is 11.5 Å². The maximum atomic E-state index is 11.4. The number of methoxy groups -OCH3 is 1. The van der Waals surface area contributed by atoms with Crippen LogP contribution in [0.1, 0.15) is 30.6 Å². The van der Waals surface area contributed by atoms with Crippen molar-refractivity contribution < 1.29 is 9.53 Å². The molecule has 1 aromatic rings. The number of ether oxygens (including phenoxy) is 1. The number of nitrogens with one attached hydrogen (secondary N) is 1. The van der Waals surface area contributed by atoms with Gasteiger partial charge in [-0.15, -0.1) is 0 Å². The average Bonchev–Trinajstić information content (AvgIpc) is 2.72. The molecular formula is C15H22N2O2. The van der Waals surface area contributed by atoms with Crippen molar-refractivity contribution in [2.75, 3.05) is 25.6 Å². The molecule has 104 valence electrons. The van der Waals surface area contributed by atoms with E-state index in [1.807, 2.05) is 31.3 Å². The number of carbonyl (C=O) groups excluding carboxylic acids is 1. The van der Waals surface area contributed by atoms with E-state index >= 15 is 0 Å². The monoisotopic (exact) mass is 262 g/mol. The fourth-order valence-electron chi connectivity index (χ4n) is 2.94. The zero-order chi connectivity index (χ0) is 14.0. The SMILES string of the molecule is CNC1CCN(c2ccc(C(=O)OC)cc2)C1(C)C. The second kappa shape index (κ2) is 5.21. The van der Waals surface area contributed by atoms with Crippen LogP contribution in [0.25, 0.3) is 0 Å². The van der Waals surface area contributed by atoms with Gasteiger partial charge in [-0.1, -0.05) is 0 Å². The Morgan fingerprint density at radius 2 is 2.00 bits per heavy atom. The van der Waals surface area contributed by atoms with Crippen LogP contribution in [0, 0.1) is 0 Å². The van der Waals surface area contributed by atoms with Gasteiger partial charge in [0.05, 0.1) is 12.7 Å². The first-order valence-corrected chi connectivity index (χ1v) is 6.64. The lowest BCUT2D eigenvalue weighted by molar-refractivity contribution is 0.0601. The lowest BCUT2D eigenvalue weighted by Crippen LogP contribution is -2.50. The number of benzene rings is 1. The molecule has 1 atom stereocenters. The molecule has 0 saturated carbocycles. The number of hydrogen-bond acceptors (Lipinski definition) is 4. The van der Waals surface area contributed by atoms with Crippen molar-refractivity contribution in [1.29, 1.82) is 0 Å². The number of hydrogen-bond donors (Lipinski definition) is 1. The normalized spacial score (nSPS) is 21.5. The Labute approximate surface area is 114 Å². The summed E-state index contributed by atoms with van der Waals surface area (Å²) in [6.07, 6.45) is 1.13. The standard InChI is InChI=1S/C15H22N2O2/c1-15(2)13(16-3)9-10-17(15)12-7-5-11(6-8-12)14(18)19-4/h5-8,13,16H,9-10H2,1-4H3. The Balaban J connectivity index is 2.21. The number of carbonyl (C=O) groups is 1. The smallest absolute Gasteiger partial charge is 0.337 e. The van der Waals surface area contributed by atoms with Crippen molar-refractivity contribution in [2.24, 2.45) is 0 Å². The van der Waals surface area contributed by atoms with Gasteiger partial charge in [0.1, 0.15) is 0 Å². The molecule has 4 heteroatoms. The Hall–Kier alpha value is -1.55. The summed E-state index contributed by atoms with van der Waals surface area (Å²) in [5.41, 5.74) is 1.81. The lowest BCUT2D eigenvalue weighted by Gasteiger charge is -2.37. The molecule has 0 spiro atoms. The van der Waals surface area contributed by atoms with Crippen LogP contribution >= 0.6 is 0 Å². The van der Waals surface area contributed by atoms with E-state index in [0.29, 0.717) is 11.6 Å². The van der Waals surface area contributed by atoms with Gasteiger partial charge < -0.3 is 15.0 Å². The Morgan fingerprint density at radius 3 is 2.47 bits per heavy atom. The summed E-state index contributed by atoms with van der Waals surface area (Å²) in [6, 6.07) is 8.11. The summed E-state index contributed by atoms with van der Waals surface area (Å²) < 4.78 is 4.71. The van der Waals surface area contributed by atoms with E-state index in [1.165, 1.54) is 7.11 Å². The fraction of sp³-hybridized carbons (Fsp3) is 0.533. The van der Waals surface area contributed by atoms with Gasteiger partial charge in [0.25, 0.3) is 0 Å². The average molecular weight is 262 g/mol. The number of likely N-dealkylation sites (N-methyl/N-ethyl adjacent to an activating group) is 1. The minimum absolute atomic E-state index is 0.0710. The van der Waals surface area contributed by atoms with Gasteiger partial charge in [-0.2, -0.15) is 0 Å². The van der Waals surface area contributed by atoms with Gasteiger partial charge in [-0.05, 0) is 51.6 Å². The van der Waals surface area contributed by atoms with Crippen LogP contribution < -0.4 is 10.2 Å². The number of nitrogens with zero attached hydrogens (tertiary/aromatic N) is 1. The minimum Gasteiger partial charge on any atom is -0.465 e. The Bertz CT molecular complexity index is 454. The topological polar surface area (TPSA) is 41.6 Å². The maximum Gasteiger partial charge on any atom is 0.337 e. The molecule has 1 aliphatic rings. The molecule has 1 heterocycles. The highest BCUT2D eigenvalue weighted by Gasteiger charge is 2.40. The quantitative estimate of drug-likeness (QED) is 0.847. The molecule has 0 aromatic heterocycles. The summed E-state index contributed by atoms with van der Waals surface area (Å²) in [7, 11) is 3.41. The predicted octanol–water partition coefficient (Wildman–Crippen LogP) is 2.05. The van der Waals surface area contributed by atoms with Crippen LogP contribution in [-0.2, 0) is 4.74 Å². The minimum atomic E-state index is -0.291. The second-order valence-corrected chi connectivity index (χ2v) is 5.47. The third-order valence-corrected chi connectivity index (χ3v) is 4.14. The molecule has 1 aromatic carbocycles. The van der Waals surface area contributed by atoms with E-state index in [0.717, 1.165) is 18.7 Å². The molecule has 0 amide bonds. The lowest BCUT2D eigenvalue weighted by atomic mass is 9.95.